The molecule has 0 bridgehead atoms. The Labute approximate surface area is 85.0 Å². The lowest BCUT2D eigenvalue weighted by molar-refractivity contribution is -0.123. The molecule has 2 fully saturated rings. The fraction of sp³-hybridized carbons (Fsp3) is 0.900. The molecule has 0 aromatic rings. The first-order valence-electron chi connectivity index (χ1n) is 5.54. The van der Waals surface area contributed by atoms with E-state index in [0.29, 0.717) is 5.92 Å². The fourth-order valence-electron chi connectivity index (χ4n) is 2.27. The van der Waals surface area contributed by atoms with E-state index in [4.69, 9.17) is 0 Å². The summed E-state index contributed by atoms with van der Waals surface area (Å²) in [6, 6.07) is 0. The third-order valence-electron chi connectivity index (χ3n) is 3.07. The molecule has 4 nitrogen and oxygen atoms in total. The SMILES string of the molecule is O=C1CC(CN2CCNCC2)CCN1. The van der Waals surface area contributed by atoms with Crippen LogP contribution in [0.5, 0.6) is 0 Å². The number of amides is 1. The van der Waals surface area contributed by atoms with Crippen molar-refractivity contribution in [1.29, 1.82) is 0 Å². The van der Waals surface area contributed by atoms with Crippen molar-refractivity contribution < 1.29 is 4.79 Å². The summed E-state index contributed by atoms with van der Waals surface area (Å²) < 4.78 is 0. The van der Waals surface area contributed by atoms with Crippen LogP contribution in [0, 0.1) is 5.92 Å². The van der Waals surface area contributed by atoms with Gasteiger partial charge in [0.1, 0.15) is 0 Å². The second-order valence-corrected chi connectivity index (χ2v) is 4.26. The highest BCUT2D eigenvalue weighted by Gasteiger charge is 2.21. The van der Waals surface area contributed by atoms with Crippen LogP contribution < -0.4 is 10.6 Å². The first-order valence-corrected chi connectivity index (χ1v) is 5.54. The third-order valence-corrected chi connectivity index (χ3v) is 3.07. The molecule has 0 saturated carbocycles. The number of nitrogens with one attached hydrogen (secondary N) is 2. The lowest BCUT2D eigenvalue weighted by atomic mass is 9.97. The second kappa shape index (κ2) is 4.75. The minimum absolute atomic E-state index is 0.233. The Hall–Kier alpha value is -0.610. The minimum atomic E-state index is 0.233. The molecule has 1 amide bonds. The van der Waals surface area contributed by atoms with Crippen molar-refractivity contribution in [3.8, 4) is 0 Å². The molecular weight excluding hydrogens is 178 g/mol. The van der Waals surface area contributed by atoms with Gasteiger partial charge in [-0.2, -0.15) is 0 Å². The maximum atomic E-state index is 11.2. The van der Waals surface area contributed by atoms with Crippen molar-refractivity contribution in [3.05, 3.63) is 0 Å². The van der Waals surface area contributed by atoms with Crippen LogP contribution in [0.1, 0.15) is 12.8 Å². The number of nitrogens with zero attached hydrogens (tertiary/aromatic N) is 1. The molecule has 1 unspecified atom stereocenters. The zero-order valence-electron chi connectivity index (χ0n) is 8.59. The summed E-state index contributed by atoms with van der Waals surface area (Å²) in [6.07, 6.45) is 1.87. The van der Waals surface area contributed by atoms with Gasteiger partial charge in [0.2, 0.25) is 5.91 Å². The smallest absolute Gasteiger partial charge is 0.220 e. The molecule has 0 radical (unpaired) electrons. The highest BCUT2D eigenvalue weighted by Crippen LogP contribution is 2.14. The van der Waals surface area contributed by atoms with Crippen LogP contribution in [0.3, 0.4) is 0 Å². The van der Waals surface area contributed by atoms with Crippen LogP contribution in [0.15, 0.2) is 0 Å². The number of hydrogen-bond donors (Lipinski definition) is 2. The predicted molar refractivity (Wildman–Crippen MR) is 55.0 cm³/mol. The van der Waals surface area contributed by atoms with Crippen LogP contribution >= 0.6 is 0 Å². The van der Waals surface area contributed by atoms with Gasteiger partial charge >= 0.3 is 0 Å². The normalized spacial score (nSPS) is 30.0. The molecule has 2 heterocycles. The van der Waals surface area contributed by atoms with E-state index in [-0.39, 0.29) is 5.91 Å². The lowest BCUT2D eigenvalue weighted by Crippen LogP contribution is -2.47. The zero-order valence-corrected chi connectivity index (χ0v) is 8.59. The number of piperazine rings is 1. The van der Waals surface area contributed by atoms with Crippen molar-refractivity contribution in [2.45, 2.75) is 12.8 Å². The van der Waals surface area contributed by atoms with Gasteiger partial charge in [0.15, 0.2) is 0 Å². The van der Waals surface area contributed by atoms with E-state index in [1.165, 1.54) is 0 Å². The Kier molecular flexibility index (Phi) is 3.37. The fourth-order valence-corrected chi connectivity index (χ4v) is 2.27. The van der Waals surface area contributed by atoms with E-state index in [9.17, 15) is 4.79 Å². The van der Waals surface area contributed by atoms with Gasteiger partial charge in [0.05, 0.1) is 0 Å². The van der Waals surface area contributed by atoms with Crippen LogP contribution in [0.2, 0.25) is 0 Å². The minimum Gasteiger partial charge on any atom is -0.356 e. The molecule has 0 aromatic heterocycles. The Bertz CT molecular complexity index is 202. The summed E-state index contributed by atoms with van der Waals surface area (Å²) >= 11 is 0. The molecule has 0 spiro atoms. The van der Waals surface area contributed by atoms with Crippen LogP contribution in [-0.2, 0) is 4.79 Å². The van der Waals surface area contributed by atoms with E-state index >= 15 is 0 Å². The Balaban J connectivity index is 1.75. The van der Waals surface area contributed by atoms with Crippen LogP contribution in [0.25, 0.3) is 0 Å². The van der Waals surface area contributed by atoms with E-state index in [0.717, 1.165) is 52.1 Å². The number of piperidine rings is 1. The summed E-state index contributed by atoms with van der Waals surface area (Å²) in [5.41, 5.74) is 0. The predicted octanol–water partition coefficient (Wildman–Crippen LogP) is -0.582. The molecule has 2 aliphatic rings. The van der Waals surface area contributed by atoms with E-state index < -0.39 is 0 Å². The topological polar surface area (TPSA) is 44.4 Å². The summed E-state index contributed by atoms with van der Waals surface area (Å²) in [4.78, 5) is 13.6. The van der Waals surface area contributed by atoms with Crippen molar-refractivity contribution >= 4 is 5.91 Å². The van der Waals surface area contributed by atoms with Crippen LogP contribution in [-0.4, -0.2) is 50.1 Å². The molecule has 2 N–H and O–H groups in total. The number of rotatable bonds is 2. The van der Waals surface area contributed by atoms with Crippen molar-refractivity contribution in [3.63, 3.8) is 0 Å². The zero-order chi connectivity index (χ0) is 9.80. The van der Waals surface area contributed by atoms with Gasteiger partial charge in [-0.1, -0.05) is 0 Å². The molecule has 1 atom stereocenters. The van der Waals surface area contributed by atoms with Gasteiger partial charge in [-0.05, 0) is 12.3 Å². The first kappa shape index (κ1) is 9.93. The third kappa shape index (κ3) is 2.69. The summed E-state index contributed by atoms with van der Waals surface area (Å²) in [6.45, 7) is 6.44. The largest absolute Gasteiger partial charge is 0.356 e. The molecule has 2 saturated heterocycles. The number of carbonyl (C=O) groups is 1. The van der Waals surface area contributed by atoms with Gasteiger partial charge < -0.3 is 15.5 Å². The second-order valence-electron chi connectivity index (χ2n) is 4.26. The first-order chi connectivity index (χ1) is 6.84. The average molecular weight is 197 g/mol. The highest BCUT2D eigenvalue weighted by atomic mass is 16.1. The molecule has 2 rings (SSSR count). The van der Waals surface area contributed by atoms with Crippen LogP contribution in [0.4, 0.5) is 0 Å². The van der Waals surface area contributed by atoms with Gasteiger partial charge in [-0.25, -0.2) is 0 Å². The molecule has 2 aliphatic heterocycles. The molecular formula is C10H19N3O. The molecule has 80 valence electrons. The standard InChI is InChI=1S/C10H19N3O/c14-10-7-9(1-2-12-10)8-13-5-3-11-4-6-13/h9,11H,1-8H2,(H,12,14). The maximum Gasteiger partial charge on any atom is 0.220 e. The Morgan fingerprint density at radius 1 is 1.29 bits per heavy atom. The lowest BCUT2D eigenvalue weighted by Gasteiger charge is -2.32. The summed E-state index contributed by atoms with van der Waals surface area (Å²) in [5.74, 6) is 0.818. The Morgan fingerprint density at radius 2 is 2.07 bits per heavy atom. The van der Waals surface area contributed by atoms with Crippen molar-refractivity contribution in [2.75, 3.05) is 39.3 Å². The van der Waals surface area contributed by atoms with Crippen molar-refractivity contribution in [2.24, 2.45) is 5.92 Å². The molecule has 0 aliphatic carbocycles. The Morgan fingerprint density at radius 3 is 2.79 bits per heavy atom. The summed E-state index contributed by atoms with van der Waals surface area (Å²) in [5, 5.41) is 6.22. The quantitative estimate of drug-likeness (QED) is 0.622. The number of hydrogen-bond acceptors (Lipinski definition) is 3. The van der Waals surface area contributed by atoms with Gasteiger partial charge in [-0.3, -0.25) is 4.79 Å². The highest BCUT2D eigenvalue weighted by molar-refractivity contribution is 5.76. The molecule has 4 heteroatoms. The van der Waals surface area contributed by atoms with E-state index in [2.05, 4.69) is 15.5 Å². The number of carbonyl (C=O) groups excluding carboxylic acids is 1. The van der Waals surface area contributed by atoms with Crippen molar-refractivity contribution in [1.82, 2.24) is 15.5 Å². The van der Waals surface area contributed by atoms with Gasteiger partial charge in [-0.15, -0.1) is 0 Å². The summed E-state index contributed by atoms with van der Waals surface area (Å²) in [7, 11) is 0. The molecule has 0 aromatic carbocycles. The maximum absolute atomic E-state index is 11.2. The van der Waals surface area contributed by atoms with Gasteiger partial charge in [0.25, 0.3) is 0 Å². The monoisotopic (exact) mass is 197 g/mol. The van der Waals surface area contributed by atoms with E-state index in [1.807, 2.05) is 0 Å². The molecule has 14 heavy (non-hydrogen) atoms. The van der Waals surface area contributed by atoms with Gasteiger partial charge in [0, 0.05) is 45.7 Å². The van der Waals surface area contributed by atoms with E-state index in [1.54, 1.807) is 0 Å². The average Bonchev–Trinajstić information content (AvgIpc) is 2.19.